The number of rotatable bonds is 5. The Hall–Kier alpha value is -2.04. The Balaban J connectivity index is 2.70. The van der Waals surface area contributed by atoms with Gasteiger partial charge in [0.05, 0.1) is 13.5 Å². The van der Waals surface area contributed by atoms with E-state index in [4.69, 9.17) is 0 Å². The Morgan fingerprint density at radius 3 is 2.67 bits per heavy atom. The molecule has 1 N–H and O–H groups in total. The SMILES string of the molecule is CCN(CCC(=O)OC)C(=O)c1cccc(O)c1. The second-order valence-electron chi connectivity index (χ2n) is 3.76. The van der Waals surface area contributed by atoms with Crippen LogP contribution in [0.15, 0.2) is 24.3 Å². The summed E-state index contributed by atoms with van der Waals surface area (Å²) in [6.07, 6.45) is 0.162. The molecule has 0 saturated carbocycles. The molecule has 1 rings (SSSR count). The van der Waals surface area contributed by atoms with Crippen LogP contribution in [0.1, 0.15) is 23.7 Å². The van der Waals surface area contributed by atoms with E-state index in [1.54, 1.807) is 12.1 Å². The minimum Gasteiger partial charge on any atom is -0.508 e. The monoisotopic (exact) mass is 251 g/mol. The number of carbonyl (C=O) groups excluding carboxylic acids is 2. The van der Waals surface area contributed by atoms with Crippen molar-refractivity contribution in [3.63, 3.8) is 0 Å². The van der Waals surface area contributed by atoms with Gasteiger partial charge in [0.1, 0.15) is 5.75 Å². The summed E-state index contributed by atoms with van der Waals surface area (Å²) < 4.78 is 4.53. The molecule has 1 aromatic rings. The summed E-state index contributed by atoms with van der Waals surface area (Å²) in [6, 6.07) is 6.14. The molecule has 0 heterocycles. The first-order valence-corrected chi connectivity index (χ1v) is 5.73. The summed E-state index contributed by atoms with van der Waals surface area (Å²) in [5, 5.41) is 9.33. The van der Waals surface area contributed by atoms with Crippen LogP contribution in [-0.4, -0.2) is 42.1 Å². The van der Waals surface area contributed by atoms with E-state index in [2.05, 4.69) is 4.74 Å². The third kappa shape index (κ3) is 3.76. The Bertz CT molecular complexity index is 431. The van der Waals surface area contributed by atoms with Gasteiger partial charge in [-0.25, -0.2) is 0 Å². The number of phenolic OH excluding ortho intramolecular Hbond substituents is 1. The normalized spacial score (nSPS) is 9.89. The lowest BCUT2D eigenvalue weighted by Crippen LogP contribution is -2.33. The highest BCUT2D eigenvalue weighted by atomic mass is 16.5. The van der Waals surface area contributed by atoms with Crippen LogP contribution in [0.4, 0.5) is 0 Å². The van der Waals surface area contributed by atoms with Crippen molar-refractivity contribution in [2.45, 2.75) is 13.3 Å². The van der Waals surface area contributed by atoms with Crippen molar-refractivity contribution in [3.8, 4) is 5.75 Å². The highest BCUT2D eigenvalue weighted by molar-refractivity contribution is 5.94. The Labute approximate surface area is 106 Å². The Morgan fingerprint density at radius 2 is 2.11 bits per heavy atom. The highest BCUT2D eigenvalue weighted by Gasteiger charge is 2.15. The molecule has 98 valence electrons. The van der Waals surface area contributed by atoms with Gasteiger partial charge in [-0.05, 0) is 25.1 Å². The summed E-state index contributed by atoms with van der Waals surface area (Å²) in [7, 11) is 1.32. The molecule has 18 heavy (non-hydrogen) atoms. The molecule has 0 atom stereocenters. The second-order valence-corrected chi connectivity index (χ2v) is 3.76. The van der Waals surface area contributed by atoms with E-state index < -0.39 is 0 Å². The van der Waals surface area contributed by atoms with Crippen LogP contribution in [0, 0.1) is 0 Å². The van der Waals surface area contributed by atoms with Gasteiger partial charge in [0.2, 0.25) is 0 Å². The zero-order valence-corrected chi connectivity index (χ0v) is 10.5. The van der Waals surface area contributed by atoms with Crippen LogP contribution in [0.3, 0.4) is 0 Å². The molecule has 0 radical (unpaired) electrons. The predicted molar refractivity (Wildman–Crippen MR) is 66.3 cm³/mol. The van der Waals surface area contributed by atoms with E-state index >= 15 is 0 Å². The largest absolute Gasteiger partial charge is 0.508 e. The van der Waals surface area contributed by atoms with E-state index in [0.717, 1.165) is 0 Å². The molecule has 0 aromatic heterocycles. The van der Waals surface area contributed by atoms with Crippen molar-refractivity contribution in [2.75, 3.05) is 20.2 Å². The van der Waals surface area contributed by atoms with Crippen LogP contribution in [0.5, 0.6) is 5.75 Å². The molecule has 0 aliphatic heterocycles. The lowest BCUT2D eigenvalue weighted by atomic mass is 10.2. The molecule has 0 fully saturated rings. The van der Waals surface area contributed by atoms with Crippen LogP contribution < -0.4 is 0 Å². The van der Waals surface area contributed by atoms with Gasteiger partial charge in [-0.2, -0.15) is 0 Å². The zero-order chi connectivity index (χ0) is 13.5. The molecule has 0 saturated heterocycles. The summed E-state index contributed by atoms with van der Waals surface area (Å²) in [5.74, 6) is -0.515. The first-order valence-electron chi connectivity index (χ1n) is 5.73. The third-order valence-corrected chi connectivity index (χ3v) is 2.58. The molecule has 5 nitrogen and oxygen atoms in total. The van der Waals surface area contributed by atoms with Crippen molar-refractivity contribution in [1.29, 1.82) is 0 Å². The van der Waals surface area contributed by atoms with Gasteiger partial charge in [-0.1, -0.05) is 6.07 Å². The maximum atomic E-state index is 12.1. The van der Waals surface area contributed by atoms with Crippen LogP contribution in [0.2, 0.25) is 0 Å². The fraction of sp³-hybridized carbons (Fsp3) is 0.385. The number of hydrogen-bond acceptors (Lipinski definition) is 4. The minimum absolute atomic E-state index is 0.0462. The van der Waals surface area contributed by atoms with E-state index in [9.17, 15) is 14.7 Å². The molecule has 0 bridgehead atoms. The van der Waals surface area contributed by atoms with E-state index in [1.807, 2.05) is 6.92 Å². The number of amides is 1. The first-order chi connectivity index (χ1) is 8.58. The van der Waals surface area contributed by atoms with Crippen molar-refractivity contribution in [3.05, 3.63) is 29.8 Å². The van der Waals surface area contributed by atoms with E-state index in [1.165, 1.54) is 24.1 Å². The number of ether oxygens (including phenoxy) is 1. The van der Waals surface area contributed by atoms with Crippen molar-refractivity contribution in [1.82, 2.24) is 4.90 Å². The standard InChI is InChI=1S/C13H17NO4/c1-3-14(8-7-12(16)18-2)13(17)10-5-4-6-11(15)9-10/h4-6,9,15H,3,7-8H2,1-2H3. The first kappa shape index (κ1) is 14.0. The maximum absolute atomic E-state index is 12.1. The molecular formula is C13H17NO4. The van der Waals surface area contributed by atoms with Gasteiger partial charge in [0.25, 0.3) is 5.91 Å². The van der Waals surface area contributed by atoms with Crippen LogP contribution in [0.25, 0.3) is 0 Å². The van der Waals surface area contributed by atoms with Crippen molar-refractivity contribution in [2.24, 2.45) is 0 Å². The quantitative estimate of drug-likeness (QED) is 0.804. The second kappa shape index (κ2) is 6.64. The molecule has 5 heteroatoms. The fourth-order valence-corrected chi connectivity index (χ4v) is 1.55. The average molecular weight is 251 g/mol. The topological polar surface area (TPSA) is 66.8 Å². The van der Waals surface area contributed by atoms with Gasteiger partial charge < -0.3 is 14.7 Å². The smallest absolute Gasteiger partial charge is 0.307 e. The molecule has 1 aromatic carbocycles. The predicted octanol–water partition coefficient (Wildman–Crippen LogP) is 1.42. The average Bonchev–Trinajstić information content (AvgIpc) is 2.38. The number of nitrogens with zero attached hydrogens (tertiary/aromatic N) is 1. The molecule has 0 unspecified atom stereocenters. The number of phenols is 1. The van der Waals surface area contributed by atoms with Gasteiger partial charge in [-0.3, -0.25) is 9.59 Å². The van der Waals surface area contributed by atoms with Gasteiger partial charge in [0.15, 0.2) is 0 Å². The van der Waals surface area contributed by atoms with Crippen molar-refractivity contribution >= 4 is 11.9 Å². The van der Waals surface area contributed by atoms with Gasteiger partial charge in [-0.15, -0.1) is 0 Å². The Morgan fingerprint density at radius 1 is 1.39 bits per heavy atom. The molecule has 1 amide bonds. The molecule has 0 spiro atoms. The fourth-order valence-electron chi connectivity index (χ4n) is 1.55. The highest BCUT2D eigenvalue weighted by Crippen LogP contribution is 2.13. The minimum atomic E-state index is -0.350. The molecule has 0 aliphatic rings. The summed E-state index contributed by atoms with van der Waals surface area (Å²) >= 11 is 0. The summed E-state index contributed by atoms with van der Waals surface area (Å²) in [6.45, 7) is 2.63. The number of hydrogen-bond donors (Lipinski definition) is 1. The lowest BCUT2D eigenvalue weighted by molar-refractivity contribution is -0.140. The maximum Gasteiger partial charge on any atom is 0.307 e. The van der Waals surface area contributed by atoms with E-state index in [0.29, 0.717) is 18.7 Å². The number of methoxy groups -OCH3 is 1. The zero-order valence-electron chi connectivity index (χ0n) is 10.5. The van der Waals surface area contributed by atoms with Crippen LogP contribution in [-0.2, 0) is 9.53 Å². The van der Waals surface area contributed by atoms with Crippen molar-refractivity contribution < 1.29 is 19.4 Å². The van der Waals surface area contributed by atoms with E-state index in [-0.39, 0.29) is 24.0 Å². The van der Waals surface area contributed by atoms with Crippen LogP contribution >= 0.6 is 0 Å². The number of esters is 1. The number of benzene rings is 1. The number of carbonyl (C=O) groups is 2. The lowest BCUT2D eigenvalue weighted by Gasteiger charge is -2.20. The van der Waals surface area contributed by atoms with Gasteiger partial charge >= 0.3 is 5.97 Å². The Kier molecular flexibility index (Phi) is 5.17. The number of aromatic hydroxyl groups is 1. The summed E-state index contributed by atoms with van der Waals surface area (Å²) in [5.41, 5.74) is 0.404. The molecular weight excluding hydrogens is 234 g/mol. The third-order valence-electron chi connectivity index (χ3n) is 2.58. The molecule has 0 aliphatic carbocycles. The van der Waals surface area contributed by atoms with Gasteiger partial charge in [0, 0.05) is 18.7 Å². The summed E-state index contributed by atoms with van der Waals surface area (Å²) in [4.78, 5) is 24.7.